The Morgan fingerprint density at radius 2 is 2.14 bits per heavy atom. The monoisotopic (exact) mass is 420 g/mol. The molecule has 0 radical (unpaired) electrons. The van der Waals surface area contributed by atoms with E-state index in [2.05, 4.69) is 25.9 Å². The number of aromatic nitrogens is 5. The van der Waals surface area contributed by atoms with Gasteiger partial charge in [-0.25, -0.2) is 5.10 Å². The van der Waals surface area contributed by atoms with Crippen LogP contribution in [0.4, 0.5) is 0 Å². The van der Waals surface area contributed by atoms with Gasteiger partial charge in [-0.15, -0.1) is 5.10 Å². The number of rotatable bonds is 4. The number of hydrogen-bond acceptors (Lipinski definition) is 6. The second kappa shape index (κ2) is 8.40. The Kier molecular flexibility index (Phi) is 5.72. The van der Waals surface area contributed by atoms with Crippen LogP contribution in [0.3, 0.4) is 0 Å². The van der Waals surface area contributed by atoms with Crippen molar-refractivity contribution in [2.24, 2.45) is 5.92 Å². The molecule has 2 aromatic heterocycles. The predicted octanol–water partition coefficient (Wildman–Crippen LogP) is 2.31. The lowest BCUT2D eigenvalue weighted by molar-refractivity contribution is 0.0251. The maximum atomic E-state index is 12.9. The number of hydrogen-bond donors (Lipinski definition) is 2. The lowest BCUT2D eigenvalue weighted by atomic mass is 9.95. The van der Waals surface area contributed by atoms with Gasteiger partial charge in [0.05, 0.1) is 28.3 Å². The predicted molar refractivity (Wildman–Crippen MR) is 105 cm³/mol. The van der Waals surface area contributed by atoms with Crippen LogP contribution in [0.2, 0.25) is 10.0 Å². The van der Waals surface area contributed by atoms with Gasteiger partial charge in [-0.05, 0) is 40.3 Å². The number of ether oxygens (including phenoxy) is 1. The van der Waals surface area contributed by atoms with Crippen molar-refractivity contribution in [3.05, 3.63) is 62.5 Å². The summed E-state index contributed by atoms with van der Waals surface area (Å²) in [5.74, 6) is 0.358. The highest BCUT2D eigenvalue weighted by molar-refractivity contribution is 6.42. The highest BCUT2D eigenvalue weighted by Crippen LogP contribution is 2.32. The zero-order valence-corrected chi connectivity index (χ0v) is 16.3. The smallest absolute Gasteiger partial charge is 0.261 e. The Hall–Kier alpha value is -2.26. The molecule has 1 aromatic carbocycles. The van der Waals surface area contributed by atoms with Crippen molar-refractivity contribution < 1.29 is 4.74 Å². The first kappa shape index (κ1) is 19.1. The molecule has 4 rings (SSSR count). The van der Waals surface area contributed by atoms with Crippen LogP contribution < -0.4 is 10.9 Å². The molecule has 28 heavy (non-hydrogen) atoms. The number of aromatic amines is 1. The first-order valence-corrected chi connectivity index (χ1v) is 9.60. The standard InChI is InChI=1S/C18H18Cl2N6O2/c19-14-4-3-11(8-15(14)20)16-12(9-21-5-7-28-16)10-26-6-1-2-13(18(26)27)17-22-24-25-23-17/h1-4,6,8,12,16,21H,5,7,9-10H2,(H,22,23,24,25)/t12-,16-/m0/s1. The Morgan fingerprint density at radius 3 is 2.93 bits per heavy atom. The minimum Gasteiger partial charge on any atom is -0.372 e. The fourth-order valence-corrected chi connectivity index (χ4v) is 3.70. The van der Waals surface area contributed by atoms with Crippen LogP contribution in [-0.4, -0.2) is 44.9 Å². The van der Waals surface area contributed by atoms with Gasteiger partial charge in [-0.3, -0.25) is 4.79 Å². The minimum atomic E-state index is -0.215. The van der Waals surface area contributed by atoms with Crippen molar-refractivity contribution in [1.29, 1.82) is 0 Å². The summed E-state index contributed by atoms with van der Waals surface area (Å²) in [5.41, 5.74) is 1.19. The molecule has 0 saturated carbocycles. The Morgan fingerprint density at radius 1 is 1.25 bits per heavy atom. The molecule has 1 aliphatic heterocycles. The average Bonchev–Trinajstić information content (AvgIpc) is 3.12. The summed E-state index contributed by atoms with van der Waals surface area (Å²) in [4.78, 5) is 12.9. The van der Waals surface area contributed by atoms with Crippen LogP contribution in [0.5, 0.6) is 0 Å². The lowest BCUT2D eigenvalue weighted by Crippen LogP contribution is -2.32. The van der Waals surface area contributed by atoms with Gasteiger partial charge in [0.15, 0.2) is 5.82 Å². The first-order valence-electron chi connectivity index (χ1n) is 8.84. The van der Waals surface area contributed by atoms with Gasteiger partial charge in [0, 0.05) is 31.7 Å². The van der Waals surface area contributed by atoms with E-state index >= 15 is 0 Å². The molecular formula is C18H18Cl2N6O2. The van der Waals surface area contributed by atoms with E-state index in [1.165, 1.54) is 0 Å². The normalized spacial score (nSPS) is 20.1. The number of nitrogens with one attached hydrogen (secondary N) is 2. The van der Waals surface area contributed by atoms with Crippen LogP contribution in [0.25, 0.3) is 11.4 Å². The summed E-state index contributed by atoms with van der Waals surface area (Å²) in [5, 5.41) is 17.9. The SMILES string of the molecule is O=c1c(-c2nnn[nH]2)cccn1C[C@@H]1CNCCO[C@H]1c1ccc(Cl)c(Cl)c1. The molecule has 0 unspecified atom stereocenters. The molecule has 2 N–H and O–H groups in total. The number of H-pyrrole nitrogens is 1. The molecule has 0 bridgehead atoms. The summed E-state index contributed by atoms with van der Waals surface area (Å²) in [6, 6.07) is 9.00. The Labute approximate surface area is 170 Å². The second-order valence-electron chi connectivity index (χ2n) is 6.56. The fraction of sp³-hybridized carbons (Fsp3) is 0.333. The molecular weight excluding hydrogens is 403 g/mol. The van der Waals surface area contributed by atoms with Gasteiger partial charge in [0.1, 0.15) is 0 Å². The van der Waals surface area contributed by atoms with E-state index in [1.807, 2.05) is 12.1 Å². The van der Waals surface area contributed by atoms with E-state index in [0.717, 1.165) is 12.1 Å². The maximum absolute atomic E-state index is 12.9. The lowest BCUT2D eigenvalue weighted by Gasteiger charge is -2.26. The number of pyridine rings is 1. The number of halogens is 2. The fourth-order valence-electron chi connectivity index (χ4n) is 3.39. The number of tetrazole rings is 1. The van der Waals surface area contributed by atoms with Crippen LogP contribution in [0.1, 0.15) is 11.7 Å². The topological polar surface area (TPSA) is 97.7 Å². The molecule has 146 valence electrons. The van der Waals surface area contributed by atoms with Gasteiger partial charge < -0.3 is 14.6 Å². The highest BCUT2D eigenvalue weighted by Gasteiger charge is 2.27. The quantitative estimate of drug-likeness (QED) is 0.671. The van der Waals surface area contributed by atoms with E-state index in [4.69, 9.17) is 27.9 Å². The molecule has 0 amide bonds. The van der Waals surface area contributed by atoms with Crippen molar-refractivity contribution in [1.82, 2.24) is 30.5 Å². The third-order valence-corrected chi connectivity index (χ3v) is 5.47. The number of benzene rings is 1. The molecule has 10 heteroatoms. The summed E-state index contributed by atoms with van der Waals surface area (Å²) in [6.07, 6.45) is 1.54. The summed E-state index contributed by atoms with van der Waals surface area (Å²) < 4.78 is 7.75. The van der Waals surface area contributed by atoms with Crippen LogP contribution in [-0.2, 0) is 11.3 Å². The van der Waals surface area contributed by atoms with Gasteiger partial charge in [-0.2, -0.15) is 0 Å². The third kappa shape index (κ3) is 3.95. The maximum Gasteiger partial charge on any atom is 0.261 e. The second-order valence-corrected chi connectivity index (χ2v) is 7.37. The van der Waals surface area contributed by atoms with Crippen LogP contribution in [0, 0.1) is 5.92 Å². The van der Waals surface area contributed by atoms with Crippen LogP contribution >= 0.6 is 23.2 Å². The van der Waals surface area contributed by atoms with Crippen molar-refractivity contribution in [2.75, 3.05) is 19.7 Å². The van der Waals surface area contributed by atoms with E-state index in [0.29, 0.717) is 41.1 Å². The zero-order chi connectivity index (χ0) is 19.5. The molecule has 0 aliphatic carbocycles. The van der Waals surface area contributed by atoms with E-state index in [-0.39, 0.29) is 17.6 Å². The summed E-state index contributed by atoms with van der Waals surface area (Å²) >= 11 is 12.3. The van der Waals surface area contributed by atoms with Crippen LogP contribution in [0.15, 0.2) is 41.3 Å². The van der Waals surface area contributed by atoms with Crippen molar-refractivity contribution in [3.8, 4) is 11.4 Å². The zero-order valence-electron chi connectivity index (χ0n) is 14.8. The van der Waals surface area contributed by atoms with E-state index < -0.39 is 0 Å². The van der Waals surface area contributed by atoms with E-state index in [9.17, 15) is 4.79 Å². The van der Waals surface area contributed by atoms with Crippen molar-refractivity contribution >= 4 is 23.2 Å². The molecule has 3 aromatic rings. The Balaban J connectivity index is 1.65. The van der Waals surface area contributed by atoms with Gasteiger partial charge in [0.2, 0.25) is 0 Å². The van der Waals surface area contributed by atoms with Gasteiger partial charge >= 0.3 is 0 Å². The third-order valence-electron chi connectivity index (χ3n) is 4.73. The van der Waals surface area contributed by atoms with E-state index in [1.54, 1.807) is 29.0 Å². The molecule has 3 heterocycles. The average molecular weight is 421 g/mol. The molecule has 1 saturated heterocycles. The largest absolute Gasteiger partial charge is 0.372 e. The summed E-state index contributed by atoms with van der Waals surface area (Å²) in [7, 11) is 0. The number of nitrogens with zero attached hydrogens (tertiary/aromatic N) is 4. The van der Waals surface area contributed by atoms with Gasteiger partial charge in [0.25, 0.3) is 5.56 Å². The molecule has 0 spiro atoms. The first-order chi connectivity index (χ1) is 13.6. The molecule has 8 nitrogen and oxygen atoms in total. The summed E-state index contributed by atoms with van der Waals surface area (Å²) in [6.45, 7) is 2.48. The van der Waals surface area contributed by atoms with Gasteiger partial charge in [-0.1, -0.05) is 29.3 Å². The van der Waals surface area contributed by atoms with Crippen molar-refractivity contribution in [2.45, 2.75) is 12.6 Å². The molecule has 1 aliphatic rings. The Bertz CT molecular complexity index is 1010. The molecule has 2 atom stereocenters. The van der Waals surface area contributed by atoms with Crippen molar-refractivity contribution in [3.63, 3.8) is 0 Å². The molecule has 1 fully saturated rings. The minimum absolute atomic E-state index is 0.0144. The highest BCUT2D eigenvalue weighted by atomic mass is 35.5.